The summed E-state index contributed by atoms with van der Waals surface area (Å²) in [5, 5.41) is 15.1. The van der Waals surface area contributed by atoms with Crippen LogP contribution in [0.2, 0.25) is 0 Å². The van der Waals surface area contributed by atoms with Crippen LogP contribution in [0.3, 0.4) is 0 Å². The Hall–Kier alpha value is -1.80. The standard InChI is InChI=1S/C15H19N3O3S2/c1-7-10(13(20)21)23-12(17-7)8(2)16-11(19)9-6-22-14(18-9)15(3,4)5/h6,8H,1-5H3,(H,16,19)(H,20,21). The molecule has 0 aliphatic carbocycles. The van der Waals surface area contributed by atoms with E-state index in [2.05, 4.69) is 15.3 Å². The summed E-state index contributed by atoms with van der Waals surface area (Å²) < 4.78 is 0. The molecule has 0 saturated carbocycles. The van der Waals surface area contributed by atoms with Crippen molar-refractivity contribution in [3.05, 3.63) is 31.7 Å². The summed E-state index contributed by atoms with van der Waals surface area (Å²) in [6.45, 7) is 9.55. The molecule has 124 valence electrons. The Labute approximate surface area is 142 Å². The third-order valence-corrected chi connectivity index (χ3v) is 5.70. The summed E-state index contributed by atoms with van der Waals surface area (Å²) in [5.41, 5.74) is 0.734. The number of hydrogen-bond acceptors (Lipinski definition) is 6. The monoisotopic (exact) mass is 353 g/mol. The van der Waals surface area contributed by atoms with E-state index in [1.807, 2.05) is 20.8 Å². The first-order valence-electron chi connectivity index (χ1n) is 7.07. The summed E-state index contributed by atoms with van der Waals surface area (Å²) in [6.07, 6.45) is 0. The molecule has 2 rings (SSSR count). The third-order valence-electron chi connectivity index (χ3n) is 3.10. The summed E-state index contributed by atoms with van der Waals surface area (Å²) in [6, 6.07) is -0.376. The van der Waals surface area contributed by atoms with Crippen molar-refractivity contribution in [1.29, 1.82) is 0 Å². The minimum absolute atomic E-state index is 0.0996. The SMILES string of the molecule is Cc1nc(C(C)NC(=O)c2csc(C(C)(C)C)n2)sc1C(=O)O. The van der Waals surface area contributed by atoms with Crippen LogP contribution in [0.4, 0.5) is 0 Å². The van der Waals surface area contributed by atoms with E-state index in [1.165, 1.54) is 11.3 Å². The van der Waals surface area contributed by atoms with Gasteiger partial charge in [0, 0.05) is 10.8 Å². The topological polar surface area (TPSA) is 92.2 Å². The first-order chi connectivity index (χ1) is 10.6. The van der Waals surface area contributed by atoms with Crippen molar-refractivity contribution in [1.82, 2.24) is 15.3 Å². The molecule has 0 aliphatic rings. The largest absolute Gasteiger partial charge is 0.477 e. The van der Waals surface area contributed by atoms with E-state index in [1.54, 1.807) is 19.2 Å². The lowest BCUT2D eigenvalue weighted by atomic mass is 9.98. The lowest BCUT2D eigenvalue weighted by Crippen LogP contribution is -2.27. The maximum atomic E-state index is 12.3. The summed E-state index contributed by atoms with van der Waals surface area (Å²) in [5.74, 6) is -1.28. The maximum absolute atomic E-state index is 12.3. The van der Waals surface area contributed by atoms with Crippen molar-refractivity contribution in [2.75, 3.05) is 0 Å². The van der Waals surface area contributed by atoms with Crippen LogP contribution in [-0.2, 0) is 5.41 Å². The predicted molar refractivity (Wildman–Crippen MR) is 90.5 cm³/mol. The van der Waals surface area contributed by atoms with E-state index in [9.17, 15) is 9.59 Å². The molecule has 0 radical (unpaired) electrons. The molecule has 0 spiro atoms. The zero-order valence-corrected chi connectivity index (χ0v) is 15.3. The highest BCUT2D eigenvalue weighted by molar-refractivity contribution is 7.13. The van der Waals surface area contributed by atoms with Crippen LogP contribution >= 0.6 is 22.7 Å². The normalized spacial score (nSPS) is 12.9. The van der Waals surface area contributed by atoms with Gasteiger partial charge in [0.25, 0.3) is 5.91 Å². The van der Waals surface area contributed by atoms with Crippen LogP contribution in [0.1, 0.15) is 69.6 Å². The number of rotatable bonds is 4. The van der Waals surface area contributed by atoms with Crippen molar-refractivity contribution in [2.24, 2.45) is 0 Å². The number of aryl methyl sites for hydroxylation is 1. The van der Waals surface area contributed by atoms with Gasteiger partial charge in [-0.3, -0.25) is 4.79 Å². The van der Waals surface area contributed by atoms with E-state index in [0.717, 1.165) is 16.3 Å². The number of carboxylic acids is 1. The number of nitrogens with zero attached hydrogens (tertiary/aromatic N) is 2. The van der Waals surface area contributed by atoms with Gasteiger partial charge in [0.1, 0.15) is 15.6 Å². The zero-order valence-electron chi connectivity index (χ0n) is 13.6. The Morgan fingerprint density at radius 2 is 1.96 bits per heavy atom. The van der Waals surface area contributed by atoms with E-state index in [-0.39, 0.29) is 22.2 Å². The Balaban J connectivity index is 2.12. The van der Waals surface area contributed by atoms with Crippen molar-refractivity contribution >= 4 is 34.6 Å². The number of carboxylic acid groups (broad SMARTS) is 1. The molecular formula is C15H19N3O3S2. The molecule has 8 heteroatoms. The van der Waals surface area contributed by atoms with Gasteiger partial charge in [0.05, 0.1) is 16.7 Å². The Morgan fingerprint density at radius 3 is 2.43 bits per heavy atom. The summed E-state index contributed by atoms with van der Waals surface area (Å²) >= 11 is 2.53. The average molecular weight is 353 g/mol. The molecule has 1 atom stereocenters. The number of nitrogens with one attached hydrogen (secondary N) is 1. The van der Waals surface area contributed by atoms with Crippen LogP contribution in [0, 0.1) is 6.92 Å². The molecule has 1 amide bonds. The molecule has 0 saturated heterocycles. The van der Waals surface area contributed by atoms with E-state index >= 15 is 0 Å². The molecule has 0 aliphatic heterocycles. The van der Waals surface area contributed by atoms with Gasteiger partial charge in [-0.2, -0.15) is 0 Å². The second-order valence-electron chi connectivity index (χ2n) is 6.25. The number of carbonyl (C=O) groups is 2. The van der Waals surface area contributed by atoms with Gasteiger partial charge in [-0.1, -0.05) is 20.8 Å². The van der Waals surface area contributed by atoms with E-state index in [4.69, 9.17) is 5.11 Å². The van der Waals surface area contributed by atoms with Crippen LogP contribution in [0.25, 0.3) is 0 Å². The lowest BCUT2D eigenvalue weighted by Gasteiger charge is -2.13. The highest BCUT2D eigenvalue weighted by atomic mass is 32.1. The minimum Gasteiger partial charge on any atom is -0.477 e. The van der Waals surface area contributed by atoms with Crippen molar-refractivity contribution in [3.8, 4) is 0 Å². The molecule has 2 heterocycles. The first kappa shape index (κ1) is 17.6. The van der Waals surface area contributed by atoms with Gasteiger partial charge in [-0.25, -0.2) is 14.8 Å². The highest BCUT2D eigenvalue weighted by Crippen LogP contribution is 2.26. The van der Waals surface area contributed by atoms with Crippen molar-refractivity contribution in [3.63, 3.8) is 0 Å². The minimum atomic E-state index is -1.00. The zero-order chi connectivity index (χ0) is 17.4. The molecule has 2 aromatic heterocycles. The van der Waals surface area contributed by atoms with Gasteiger partial charge in [0.15, 0.2) is 0 Å². The Bertz CT molecular complexity index is 743. The van der Waals surface area contributed by atoms with Gasteiger partial charge in [-0.15, -0.1) is 22.7 Å². The fourth-order valence-corrected chi connectivity index (χ4v) is 3.65. The molecule has 0 bridgehead atoms. The molecule has 2 N–H and O–H groups in total. The number of aromatic carboxylic acids is 1. The van der Waals surface area contributed by atoms with E-state index < -0.39 is 5.97 Å². The fraction of sp³-hybridized carbons (Fsp3) is 0.467. The molecule has 1 unspecified atom stereocenters. The molecule has 23 heavy (non-hydrogen) atoms. The number of aromatic nitrogens is 2. The quantitative estimate of drug-likeness (QED) is 0.879. The molecule has 2 aromatic rings. The van der Waals surface area contributed by atoms with Gasteiger partial charge in [0.2, 0.25) is 0 Å². The first-order valence-corrected chi connectivity index (χ1v) is 8.76. The maximum Gasteiger partial charge on any atom is 0.347 e. The third kappa shape index (κ3) is 3.94. The van der Waals surface area contributed by atoms with Gasteiger partial charge < -0.3 is 10.4 Å². The van der Waals surface area contributed by atoms with Crippen LogP contribution in [0.5, 0.6) is 0 Å². The van der Waals surface area contributed by atoms with Crippen LogP contribution in [-0.4, -0.2) is 27.0 Å². The molecule has 6 nitrogen and oxygen atoms in total. The highest BCUT2D eigenvalue weighted by Gasteiger charge is 2.23. The smallest absolute Gasteiger partial charge is 0.347 e. The van der Waals surface area contributed by atoms with Crippen molar-refractivity contribution in [2.45, 2.75) is 46.1 Å². The second-order valence-corrected chi connectivity index (χ2v) is 8.14. The van der Waals surface area contributed by atoms with Gasteiger partial charge >= 0.3 is 5.97 Å². The predicted octanol–water partition coefficient (Wildman–Crippen LogP) is 3.39. The Morgan fingerprint density at radius 1 is 1.30 bits per heavy atom. The molecule has 0 aromatic carbocycles. The summed E-state index contributed by atoms with van der Waals surface area (Å²) in [7, 11) is 0. The second kappa shape index (κ2) is 6.37. The molecular weight excluding hydrogens is 334 g/mol. The summed E-state index contributed by atoms with van der Waals surface area (Å²) in [4.78, 5) is 32.2. The van der Waals surface area contributed by atoms with Crippen LogP contribution < -0.4 is 5.32 Å². The van der Waals surface area contributed by atoms with Crippen molar-refractivity contribution < 1.29 is 14.7 Å². The lowest BCUT2D eigenvalue weighted by molar-refractivity contribution is 0.0701. The number of amides is 1. The van der Waals surface area contributed by atoms with E-state index in [0.29, 0.717) is 16.4 Å². The molecule has 0 fully saturated rings. The number of carbonyl (C=O) groups excluding carboxylic acids is 1. The Kier molecular flexibility index (Phi) is 4.86. The number of thiazole rings is 2. The van der Waals surface area contributed by atoms with Crippen LogP contribution in [0.15, 0.2) is 5.38 Å². The fourth-order valence-electron chi connectivity index (χ4n) is 1.86. The number of hydrogen-bond donors (Lipinski definition) is 2. The van der Waals surface area contributed by atoms with Gasteiger partial charge in [-0.05, 0) is 13.8 Å². The average Bonchev–Trinajstić information content (AvgIpc) is 3.04.